The Kier molecular flexibility index (Phi) is 7.05. The SMILES string of the molecule is O=C1N[C@H](CO)CO1.O=C1N[C@H](COC(=O)N2CC3(CC(Cc4ccc(F)cc4F)C3)C2)CO1. The molecule has 12 heteroatoms. The number of benzene rings is 1. The van der Waals surface area contributed by atoms with Crippen molar-refractivity contribution in [1.82, 2.24) is 15.5 Å². The molecule has 3 aliphatic heterocycles. The molecule has 1 aliphatic carbocycles. The fraction of sp³-hybridized carbons (Fsp3) is 0.591. The lowest BCUT2D eigenvalue weighted by Crippen LogP contribution is -2.64. The Hall–Kier alpha value is -3.15. The molecule has 0 radical (unpaired) electrons. The number of rotatable bonds is 5. The summed E-state index contributed by atoms with van der Waals surface area (Å²) in [6.45, 7) is 1.82. The first-order valence-corrected chi connectivity index (χ1v) is 11.1. The van der Waals surface area contributed by atoms with Gasteiger partial charge in [-0.25, -0.2) is 23.2 Å². The highest BCUT2D eigenvalue weighted by molar-refractivity contribution is 5.71. The summed E-state index contributed by atoms with van der Waals surface area (Å²) in [6.07, 6.45) is 1.14. The molecule has 1 aromatic rings. The van der Waals surface area contributed by atoms with E-state index in [1.54, 1.807) is 4.90 Å². The monoisotopic (exact) mass is 483 g/mol. The van der Waals surface area contributed by atoms with Gasteiger partial charge in [-0.05, 0) is 36.8 Å². The van der Waals surface area contributed by atoms with Crippen molar-refractivity contribution >= 4 is 18.3 Å². The Labute approximate surface area is 194 Å². The summed E-state index contributed by atoms with van der Waals surface area (Å²) in [4.78, 5) is 34.7. The second-order valence-corrected chi connectivity index (χ2v) is 9.21. The Balaban J connectivity index is 0.000000291. The van der Waals surface area contributed by atoms with E-state index in [4.69, 9.17) is 14.6 Å². The third-order valence-corrected chi connectivity index (χ3v) is 6.38. The van der Waals surface area contributed by atoms with Crippen molar-refractivity contribution < 1.29 is 42.5 Å². The highest BCUT2D eigenvalue weighted by atomic mass is 19.1. The number of hydrogen-bond acceptors (Lipinski definition) is 7. The number of aliphatic hydroxyl groups excluding tert-OH is 1. The molecule has 3 heterocycles. The van der Waals surface area contributed by atoms with Crippen LogP contribution in [0, 0.1) is 23.0 Å². The smallest absolute Gasteiger partial charge is 0.409 e. The molecule has 3 N–H and O–H groups in total. The first-order valence-electron chi connectivity index (χ1n) is 11.1. The Morgan fingerprint density at radius 3 is 2.29 bits per heavy atom. The number of nitrogens with one attached hydrogen (secondary N) is 2. The van der Waals surface area contributed by atoms with Crippen LogP contribution in [0.2, 0.25) is 0 Å². The lowest BCUT2D eigenvalue weighted by Gasteiger charge is -2.58. The molecular formula is C22H27F2N3O7. The second-order valence-electron chi connectivity index (χ2n) is 9.21. The number of carbonyl (C=O) groups excluding carboxylic acids is 3. The molecule has 1 saturated carbocycles. The number of halogens is 2. The van der Waals surface area contributed by atoms with Crippen molar-refractivity contribution in [2.75, 3.05) is 39.5 Å². The average Bonchev–Trinajstić information content (AvgIpc) is 3.36. The number of carbonyl (C=O) groups is 3. The van der Waals surface area contributed by atoms with Crippen LogP contribution in [0.15, 0.2) is 18.2 Å². The molecule has 4 fully saturated rings. The average molecular weight is 483 g/mol. The molecule has 0 unspecified atom stereocenters. The van der Waals surface area contributed by atoms with Crippen LogP contribution in [-0.2, 0) is 20.6 Å². The van der Waals surface area contributed by atoms with E-state index in [2.05, 4.69) is 15.4 Å². The van der Waals surface area contributed by atoms with Crippen molar-refractivity contribution in [3.8, 4) is 0 Å². The maximum Gasteiger partial charge on any atom is 0.409 e. The van der Waals surface area contributed by atoms with E-state index in [0.29, 0.717) is 31.0 Å². The highest BCUT2D eigenvalue weighted by Gasteiger charge is 2.54. The van der Waals surface area contributed by atoms with Crippen LogP contribution in [0.4, 0.5) is 23.2 Å². The molecule has 0 aromatic heterocycles. The number of cyclic esters (lactones) is 2. The number of aliphatic hydroxyl groups is 1. The fourth-order valence-corrected chi connectivity index (χ4v) is 4.76. The fourth-order valence-electron chi connectivity index (χ4n) is 4.76. The highest BCUT2D eigenvalue weighted by Crippen LogP contribution is 2.53. The van der Waals surface area contributed by atoms with Gasteiger partial charge in [-0.3, -0.25) is 0 Å². The molecule has 5 rings (SSSR count). The van der Waals surface area contributed by atoms with Crippen molar-refractivity contribution in [2.24, 2.45) is 11.3 Å². The lowest BCUT2D eigenvalue weighted by atomic mass is 9.56. The molecule has 4 aliphatic rings. The minimum atomic E-state index is -0.562. The summed E-state index contributed by atoms with van der Waals surface area (Å²) in [5.41, 5.74) is 0.660. The van der Waals surface area contributed by atoms with Crippen LogP contribution in [-0.4, -0.2) is 79.9 Å². The Morgan fingerprint density at radius 2 is 1.76 bits per heavy atom. The van der Waals surface area contributed by atoms with Gasteiger partial charge in [0.05, 0.1) is 12.6 Å². The van der Waals surface area contributed by atoms with Crippen molar-refractivity contribution in [3.05, 3.63) is 35.4 Å². The van der Waals surface area contributed by atoms with Crippen LogP contribution >= 0.6 is 0 Å². The third-order valence-electron chi connectivity index (χ3n) is 6.38. The van der Waals surface area contributed by atoms with E-state index in [-0.39, 0.29) is 50.0 Å². The van der Waals surface area contributed by atoms with Gasteiger partial charge in [-0.15, -0.1) is 0 Å². The quantitative estimate of drug-likeness (QED) is 0.543. The minimum absolute atomic E-state index is 0.0499. The first-order chi connectivity index (χ1) is 16.2. The molecule has 1 aromatic carbocycles. The summed E-state index contributed by atoms with van der Waals surface area (Å²) in [7, 11) is 0. The minimum Gasteiger partial charge on any atom is -0.447 e. The standard InChI is InChI=1S/C18H20F2N2O4.C4H7NO3/c19-13-2-1-12(15(20)4-13)3-11-5-18(6-11)9-22(10-18)17(24)26-8-14-7-25-16(23)21-14;6-1-3-2-8-4(7)5-3/h1-2,4,11,14H,3,5-10H2,(H,21,23);3,6H,1-2H2,(H,5,7)/t14-;3-/m01/s1. The maximum absolute atomic E-state index is 13.7. The van der Waals surface area contributed by atoms with Crippen molar-refractivity contribution in [3.63, 3.8) is 0 Å². The van der Waals surface area contributed by atoms with E-state index < -0.39 is 23.8 Å². The molecule has 2 atom stereocenters. The van der Waals surface area contributed by atoms with Crippen molar-refractivity contribution in [2.45, 2.75) is 31.3 Å². The zero-order valence-corrected chi connectivity index (χ0v) is 18.4. The van der Waals surface area contributed by atoms with Crippen LogP contribution in [0.25, 0.3) is 0 Å². The molecule has 34 heavy (non-hydrogen) atoms. The summed E-state index contributed by atoms with van der Waals surface area (Å²) in [5, 5.41) is 13.3. The molecule has 3 amide bonds. The first kappa shape index (κ1) is 24.0. The van der Waals surface area contributed by atoms with E-state index in [9.17, 15) is 23.2 Å². The van der Waals surface area contributed by atoms with Gasteiger partial charge >= 0.3 is 18.3 Å². The number of likely N-dealkylation sites (tertiary alicyclic amines) is 1. The van der Waals surface area contributed by atoms with Gasteiger partial charge < -0.3 is 34.9 Å². The summed E-state index contributed by atoms with van der Waals surface area (Å²) in [6, 6.07) is 3.22. The van der Waals surface area contributed by atoms with E-state index in [0.717, 1.165) is 18.9 Å². The number of nitrogens with zero attached hydrogens (tertiary/aromatic N) is 1. The van der Waals surface area contributed by atoms with Gasteiger partial charge in [0, 0.05) is 24.6 Å². The Bertz CT molecular complexity index is 933. The lowest BCUT2D eigenvalue weighted by molar-refractivity contribution is -0.0849. The van der Waals surface area contributed by atoms with E-state index in [1.807, 2.05) is 0 Å². The van der Waals surface area contributed by atoms with Crippen molar-refractivity contribution in [1.29, 1.82) is 0 Å². The van der Waals surface area contributed by atoms with Gasteiger partial charge in [0.2, 0.25) is 0 Å². The zero-order chi connectivity index (χ0) is 24.3. The molecule has 186 valence electrons. The molecular weight excluding hydrogens is 456 g/mol. The summed E-state index contributed by atoms with van der Waals surface area (Å²) < 4.78 is 41.0. The normalized spacial score (nSPS) is 24.6. The van der Waals surface area contributed by atoms with Gasteiger partial charge in [-0.2, -0.15) is 0 Å². The molecule has 0 bridgehead atoms. The van der Waals surface area contributed by atoms with E-state index >= 15 is 0 Å². The number of ether oxygens (including phenoxy) is 3. The Morgan fingerprint density at radius 1 is 1.12 bits per heavy atom. The van der Waals surface area contributed by atoms with Gasteiger partial charge in [0.25, 0.3) is 0 Å². The van der Waals surface area contributed by atoms with Gasteiger partial charge in [0.15, 0.2) is 0 Å². The summed E-state index contributed by atoms with van der Waals surface area (Å²) in [5.74, 6) is -0.695. The van der Waals surface area contributed by atoms with Crippen LogP contribution in [0.1, 0.15) is 18.4 Å². The predicted molar refractivity (Wildman–Crippen MR) is 112 cm³/mol. The summed E-state index contributed by atoms with van der Waals surface area (Å²) >= 11 is 0. The van der Waals surface area contributed by atoms with Crippen LogP contribution in [0.5, 0.6) is 0 Å². The van der Waals surface area contributed by atoms with E-state index in [1.165, 1.54) is 12.1 Å². The van der Waals surface area contributed by atoms with Gasteiger partial charge in [-0.1, -0.05) is 6.07 Å². The van der Waals surface area contributed by atoms with Crippen LogP contribution in [0.3, 0.4) is 0 Å². The molecule has 3 saturated heterocycles. The van der Waals surface area contributed by atoms with Crippen LogP contribution < -0.4 is 10.6 Å². The third kappa shape index (κ3) is 5.66. The maximum atomic E-state index is 13.7. The topological polar surface area (TPSA) is 126 Å². The van der Waals surface area contributed by atoms with Gasteiger partial charge in [0.1, 0.15) is 37.5 Å². The zero-order valence-electron chi connectivity index (χ0n) is 18.4. The number of hydrogen-bond donors (Lipinski definition) is 3. The predicted octanol–water partition coefficient (Wildman–Crippen LogP) is 1.55. The molecule has 1 spiro atoms. The largest absolute Gasteiger partial charge is 0.447 e. The second kappa shape index (κ2) is 10.00. The number of alkyl carbamates (subject to hydrolysis) is 2. The molecule has 10 nitrogen and oxygen atoms in total. The number of amides is 3.